The first-order valence-corrected chi connectivity index (χ1v) is 12.5. The van der Waals surface area contributed by atoms with E-state index >= 15 is 0 Å². The van der Waals surface area contributed by atoms with Crippen LogP contribution in [0.2, 0.25) is 0 Å². The maximum absolute atomic E-state index is 13.8. The number of hydrogen-bond donors (Lipinski definition) is 2. The maximum Gasteiger partial charge on any atom is 0.290 e. The van der Waals surface area contributed by atoms with Gasteiger partial charge in [0.25, 0.3) is 5.91 Å². The van der Waals surface area contributed by atoms with Gasteiger partial charge in [0.05, 0.1) is 51.6 Å². The number of ether oxygens (including phenoxy) is 3. The lowest BCUT2D eigenvalue weighted by atomic mass is 9.94. The molecule has 0 aliphatic carbocycles. The van der Waals surface area contributed by atoms with Gasteiger partial charge in [0.1, 0.15) is 18.7 Å². The largest absolute Gasteiger partial charge is 0.503 e. The number of benzene rings is 2. The molecule has 9 nitrogen and oxygen atoms in total. The van der Waals surface area contributed by atoms with Crippen molar-refractivity contribution in [3.63, 3.8) is 0 Å². The fourth-order valence-electron chi connectivity index (χ4n) is 5.01. The van der Waals surface area contributed by atoms with Crippen LogP contribution in [0.4, 0.5) is 0 Å². The van der Waals surface area contributed by atoms with E-state index in [1.165, 1.54) is 12.0 Å². The molecular weight excluding hydrogens is 476 g/mol. The van der Waals surface area contributed by atoms with Crippen LogP contribution in [0.15, 0.2) is 64.3 Å². The van der Waals surface area contributed by atoms with Gasteiger partial charge in [-0.05, 0) is 36.8 Å². The van der Waals surface area contributed by atoms with Crippen LogP contribution in [0.3, 0.4) is 0 Å². The number of morpholine rings is 1. The summed E-state index contributed by atoms with van der Waals surface area (Å²) in [7, 11) is 1.54. The van der Waals surface area contributed by atoms with Gasteiger partial charge < -0.3 is 33.5 Å². The van der Waals surface area contributed by atoms with E-state index in [0.717, 1.165) is 18.5 Å². The molecule has 1 amide bonds. The highest BCUT2D eigenvalue weighted by Crippen LogP contribution is 2.42. The van der Waals surface area contributed by atoms with E-state index in [1.807, 2.05) is 25.1 Å². The predicted octanol–water partition coefficient (Wildman–Crippen LogP) is 2.33. The predicted molar refractivity (Wildman–Crippen MR) is 135 cm³/mol. The Morgan fingerprint density at radius 1 is 1.14 bits per heavy atom. The molecular formula is C28H31N2O7+. The van der Waals surface area contributed by atoms with Gasteiger partial charge in [-0.15, -0.1) is 0 Å². The number of rotatable bonds is 9. The third kappa shape index (κ3) is 4.80. The van der Waals surface area contributed by atoms with E-state index in [4.69, 9.17) is 18.6 Å². The molecule has 2 aliphatic heterocycles. The summed E-state index contributed by atoms with van der Waals surface area (Å²) in [5.41, 5.74) is 1.18. The molecule has 194 valence electrons. The molecule has 2 aromatic carbocycles. The summed E-state index contributed by atoms with van der Waals surface area (Å²) >= 11 is 0. The average Bonchev–Trinajstić information content (AvgIpc) is 3.47. The van der Waals surface area contributed by atoms with Crippen LogP contribution in [-0.4, -0.2) is 74.8 Å². The number of fused-ring (bicyclic) bond motifs is 1. The number of aliphatic hydroxyl groups is 1. The molecule has 1 saturated heterocycles. The fourth-order valence-corrected chi connectivity index (χ4v) is 5.01. The summed E-state index contributed by atoms with van der Waals surface area (Å²) in [5, 5.41) is 11.8. The number of aliphatic hydroxyl groups excluding tert-OH is 1. The van der Waals surface area contributed by atoms with Gasteiger partial charge in [0, 0.05) is 5.39 Å². The maximum atomic E-state index is 13.8. The lowest BCUT2D eigenvalue weighted by Crippen LogP contribution is -3.14. The van der Waals surface area contributed by atoms with Crippen molar-refractivity contribution in [2.75, 3.05) is 53.1 Å². The SMILES string of the molecule is CCOc1ccc([C@H]2C(C(=O)c3cc4ccccc4o3)=C(O)C(=O)N2CC[NH+]2CCOCC2)cc1OC. The standard InChI is InChI=1S/C28H30N2O7/c1-3-36-21-9-8-19(17-22(21)34-2)25-24(26(31)23-16-18-6-4-5-7-20(18)37-23)27(32)28(33)30(25)11-10-29-12-14-35-15-13-29/h4-9,16-17,25,32H,3,10-15H2,1-2H3/p+1/t25-/m0/s1. The van der Waals surface area contributed by atoms with Gasteiger partial charge in [-0.1, -0.05) is 24.3 Å². The van der Waals surface area contributed by atoms with E-state index < -0.39 is 23.5 Å². The molecule has 0 radical (unpaired) electrons. The molecule has 3 heterocycles. The number of hydrogen-bond acceptors (Lipinski definition) is 7. The molecule has 0 unspecified atom stereocenters. The smallest absolute Gasteiger partial charge is 0.290 e. The van der Waals surface area contributed by atoms with Crippen LogP contribution in [0.5, 0.6) is 11.5 Å². The molecule has 1 atom stereocenters. The Kier molecular flexibility index (Phi) is 7.16. The van der Waals surface area contributed by atoms with Crippen molar-refractivity contribution in [1.29, 1.82) is 0 Å². The zero-order valence-corrected chi connectivity index (χ0v) is 21.0. The van der Waals surface area contributed by atoms with Gasteiger partial charge in [-0.3, -0.25) is 9.59 Å². The van der Waals surface area contributed by atoms with E-state index in [1.54, 1.807) is 35.2 Å². The summed E-state index contributed by atoms with van der Waals surface area (Å²) in [6.45, 7) is 6.38. The van der Waals surface area contributed by atoms with E-state index in [2.05, 4.69) is 0 Å². The Balaban J connectivity index is 1.53. The minimum atomic E-state index is -0.807. The van der Waals surface area contributed by atoms with Crippen molar-refractivity contribution < 1.29 is 38.2 Å². The number of carbonyl (C=O) groups excluding carboxylic acids is 2. The molecule has 0 spiro atoms. The van der Waals surface area contributed by atoms with E-state index in [-0.39, 0.29) is 11.3 Å². The van der Waals surface area contributed by atoms with Crippen molar-refractivity contribution in [2.24, 2.45) is 0 Å². The first kappa shape index (κ1) is 24.9. The highest BCUT2D eigenvalue weighted by atomic mass is 16.5. The quantitative estimate of drug-likeness (QED) is 0.429. The van der Waals surface area contributed by atoms with Crippen LogP contribution in [0, 0.1) is 0 Å². The molecule has 0 bridgehead atoms. The molecule has 3 aromatic rings. The zero-order chi connectivity index (χ0) is 25.9. The number of nitrogens with one attached hydrogen (secondary N) is 1. The fraction of sp³-hybridized carbons (Fsp3) is 0.357. The molecule has 0 saturated carbocycles. The first-order valence-electron chi connectivity index (χ1n) is 12.5. The Hall–Kier alpha value is -3.82. The Morgan fingerprint density at radius 2 is 1.92 bits per heavy atom. The van der Waals surface area contributed by atoms with Gasteiger partial charge in [0.2, 0.25) is 5.78 Å². The number of quaternary nitrogens is 1. The number of nitrogens with zero attached hydrogens (tertiary/aromatic N) is 1. The van der Waals surface area contributed by atoms with E-state index in [9.17, 15) is 14.7 Å². The van der Waals surface area contributed by atoms with Crippen LogP contribution in [0.1, 0.15) is 29.1 Å². The number of para-hydroxylation sites is 1. The molecule has 5 rings (SSSR count). The summed E-state index contributed by atoms with van der Waals surface area (Å²) < 4.78 is 22.4. The lowest BCUT2D eigenvalue weighted by Gasteiger charge is -2.30. The van der Waals surface area contributed by atoms with Crippen molar-refractivity contribution in [2.45, 2.75) is 13.0 Å². The topological polar surface area (TPSA) is 103 Å². The molecule has 9 heteroatoms. The summed E-state index contributed by atoms with van der Waals surface area (Å²) in [6, 6.07) is 13.4. The number of ketones is 1. The minimum Gasteiger partial charge on any atom is -0.503 e. The number of Topliss-reactive ketones (excluding diaryl/α,β-unsaturated/α-hetero) is 1. The first-order chi connectivity index (χ1) is 18.0. The number of furan rings is 1. The Morgan fingerprint density at radius 3 is 2.65 bits per heavy atom. The van der Waals surface area contributed by atoms with Gasteiger partial charge in [-0.2, -0.15) is 0 Å². The number of carbonyl (C=O) groups is 2. The second kappa shape index (κ2) is 10.7. The van der Waals surface area contributed by atoms with Gasteiger partial charge in [-0.25, -0.2) is 0 Å². The summed E-state index contributed by atoms with van der Waals surface area (Å²) in [4.78, 5) is 30.0. The van der Waals surface area contributed by atoms with Crippen LogP contribution >= 0.6 is 0 Å². The molecule has 37 heavy (non-hydrogen) atoms. The molecule has 1 fully saturated rings. The zero-order valence-electron chi connectivity index (χ0n) is 21.0. The normalized spacial score (nSPS) is 18.6. The highest BCUT2D eigenvalue weighted by molar-refractivity contribution is 6.16. The lowest BCUT2D eigenvalue weighted by molar-refractivity contribution is -0.907. The Labute approximate surface area is 214 Å². The van der Waals surface area contributed by atoms with Crippen molar-refractivity contribution >= 4 is 22.7 Å². The van der Waals surface area contributed by atoms with Crippen molar-refractivity contribution in [1.82, 2.24) is 4.90 Å². The Bertz CT molecular complexity index is 1310. The molecule has 2 aliphatic rings. The van der Waals surface area contributed by atoms with E-state index in [0.29, 0.717) is 55.6 Å². The highest BCUT2D eigenvalue weighted by Gasteiger charge is 2.45. The third-order valence-corrected chi connectivity index (χ3v) is 6.91. The van der Waals surface area contributed by atoms with Crippen molar-refractivity contribution in [3.8, 4) is 11.5 Å². The molecule has 2 N–H and O–H groups in total. The van der Waals surface area contributed by atoms with Gasteiger partial charge in [0.15, 0.2) is 23.0 Å². The van der Waals surface area contributed by atoms with Gasteiger partial charge >= 0.3 is 0 Å². The summed E-state index contributed by atoms with van der Waals surface area (Å²) in [5.74, 6) is -0.557. The third-order valence-electron chi connectivity index (χ3n) is 6.91. The average molecular weight is 508 g/mol. The summed E-state index contributed by atoms with van der Waals surface area (Å²) in [6.07, 6.45) is 0. The molecule has 1 aromatic heterocycles. The van der Waals surface area contributed by atoms with Crippen LogP contribution in [0.25, 0.3) is 11.0 Å². The number of methoxy groups -OCH3 is 1. The minimum absolute atomic E-state index is 0.00718. The monoisotopic (exact) mass is 507 g/mol. The van der Waals surface area contributed by atoms with Crippen LogP contribution in [-0.2, 0) is 9.53 Å². The second-order valence-corrected chi connectivity index (χ2v) is 9.10. The van der Waals surface area contributed by atoms with Crippen LogP contribution < -0.4 is 14.4 Å². The second-order valence-electron chi connectivity index (χ2n) is 9.10. The van der Waals surface area contributed by atoms with Crippen molar-refractivity contribution in [3.05, 3.63) is 71.2 Å². The number of amides is 1.